The van der Waals surface area contributed by atoms with E-state index < -0.39 is 4.92 Å². The van der Waals surface area contributed by atoms with Gasteiger partial charge in [0.05, 0.1) is 12.0 Å². The Hall–Kier alpha value is -2.11. The Morgan fingerprint density at radius 2 is 2.17 bits per heavy atom. The molecular weight excluding hydrogens is 296 g/mol. The fourth-order valence-corrected chi connectivity index (χ4v) is 4.28. The molecule has 1 amide bonds. The molecule has 124 valence electrons. The van der Waals surface area contributed by atoms with Crippen LogP contribution in [-0.4, -0.2) is 24.0 Å². The first-order valence-electron chi connectivity index (χ1n) is 8.13. The maximum absolute atomic E-state index is 12.4. The second-order valence-corrected chi connectivity index (χ2v) is 6.74. The van der Waals surface area contributed by atoms with Crippen LogP contribution in [0.1, 0.15) is 43.0 Å². The van der Waals surface area contributed by atoms with E-state index in [-0.39, 0.29) is 23.4 Å². The Balaban J connectivity index is 1.70. The predicted octanol–water partition coefficient (Wildman–Crippen LogP) is 3.16. The first-order valence-corrected chi connectivity index (χ1v) is 8.13. The van der Waals surface area contributed by atoms with Crippen LogP contribution in [0.15, 0.2) is 18.2 Å². The molecule has 6 heteroatoms. The number of hydrogen-bond donors (Lipinski definition) is 1. The summed E-state index contributed by atoms with van der Waals surface area (Å²) < 4.78 is 4.96. The van der Waals surface area contributed by atoms with Crippen molar-refractivity contribution in [2.24, 2.45) is 17.8 Å². The fraction of sp³-hybridized carbons (Fsp3) is 0.588. The van der Waals surface area contributed by atoms with Crippen molar-refractivity contribution >= 4 is 11.6 Å². The zero-order valence-electron chi connectivity index (χ0n) is 13.5. The van der Waals surface area contributed by atoms with Crippen LogP contribution >= 0.6 is 0 Å². The third-order valence-electron chi connectivity index (χ3n) is 5.43. The topological polar surface area (TPSA) is 81.5 Å². The van der Waals surface area contributed by atoms with Gasteiger partial charge in [0.2, 0.25) is 0 Å². The highest BCUT2D eigenvalue weighted by Gasteiger charge is 2.42. The van der Waals surface area contributed by atoms with Gasteiger partial charge in [0.25, 0.3) is 5.91 Å². The third-order valence-corrected chi connectivity index (χ3v) is 5.43. The van der Waals surface area contributed by atoms with Crippen molar-refractivity contribution in [1.82, 2.24) is 5.32 Å². The average molecular weight is 318 g/mol. The van der Waals surface area contributed by atoms with Gasteiger partial charge in [-0.05, 0) is 56.1 Å². The molecular formula is C17H22N2O4. The summed E-state index contributed by atoms with van der Waals surface area (Å²) in [4.78, 5) is 23.0. The first kappa shape index (κ1) is 15.8. The van der Waals surface area contributed by atoms with Crippen LogP contribution in [0.4, 0.5) is 5.69 Å². The number of benzene rings is 1. The van der Waals surface area contributed by atoms with Crippen molar-refractivity contribution in [3.05, 3.63) is 33.9 Å². The molecule has 2 saturated carbocycles. The predicted molar refractivity (Wildman–Crippen MR) is 85.5 cm³/mol. The highest BCUT2D eigenvalue weighted by atomic mass is 16.6. The van der Waals surface area contributed by atoms with Gasteiger partial charge in [-0.2, -0.15) is 0 Å². The number of rotatable bonds is 5. The van der Waals surface area contributed by atoms with E-state index in [9.17, 15) is 14.9 Å². The van der Waals surface area contributed by atoms with Crippen molar-refractivity contribution in [3.63, 3.8) is 0 Å². The number of nitro groups is 1. The minimum absolute atomic E-state index is 0.0963. The van der Waals surface area contributed by atoms with E-state index in [1.54, 1.807) is 6.07 Å². The number of fused-ring (bicyclic) bond motifs is 2. The molecule has 23 heavy (non-hydrogen) atoms. The lowest BCUT2D eigenvalue weighted by Crippen LogP contribution is -2.40. The van der Waals surface area contributed by atoms with E-state index in [0.29, 0.717) is 11.5 Å². The van der Waals surface area contributed by atoms with Crippen LogP contribution < -0.4 is 10.1 Å². The first-order chi connectivity index (χ1) is 11.0. The molecule has 0 aliphatic heterocycles. The van der Waals surface area contributed by atoms with Gasteiger partial charge in [0.1, 0.15) is 0 Å². The zero-order valence-corrected chi connectivity index (χ0v) is 13.5. The van der Waals surface area contributed by atoms with Crippen LogP contribution in [0.3, 0.4) is 0 Å². The molecule has 1 aromatic carbocycles. The number of nitro benzene ring substituents is 1. The van der Waals surface area contributed by atoms with E-state index in [1.165, 1.54) is 44.9 Å². The van der Waals surface area contributed by atoms with Gasteiger partial charge in [0.15, 0.2) is 5.75 Å². The summed E-state index contributed by atoms with van der Waals surface area (Å²) in [6.07, 6.45) is 5.07. The lowest BCUT2D eigenvalue weighted by molar-refractivity contribution is -0.385. The molecule has 3 rings (SSSR count). The lowest BCUT2D eigenvalue weighted by Gasteiger charge is -2.28. The second-order valence-electron chi connectivity index (χ2n) is 6.74. The number of carbonyl (C=O) groups excluding carboxylic acids is 1. The van der Waals surface area contributed by atoms with Gasteiger partial charge in [0, 0.05) is 17.7 Å². The molecule has 2 fully saturated rings. The zero-order chi connectivity index (χ0) is 16.6. The SMILES string of the molecule is COc1ccc(C(=O)N[C@@H](C)[C@@H]2C[C@@H]3CC[C@@H]2C3)cc1[N+](=O)[O-]. The minimum Gasteiger partial charge on any atom is -0.490 e. The van der Waals surface area contributed by atoms with Gasteiger partial charge < -0.3 is 10.1 Å². The maximum Gasteiger partial charge on any atom is 0.311 e. The molecule has 0 unspecified atom stereocenters. The highest BCUT2D eigenvalue weighted by molar-refractivity contribution is 5.95. The summed E-state index contributed by atoms with van der Waals surface area (Å²) in [5.41, 5.74) is 0.111. The average Bonchev–Trinajstić information content (AvgIpc) is 3.17. The number of methoxy groups -OCH3 is 1. The lowest BCUT2D eigenvalue weighted by atomic mass is 9.84. The molecule has 2 bridgehead atoms. The van der Waals surface area contributed by atoms with Gasteiger partial charge in [-0.15, -0.1) is 0 Å². The Bertz CT molecular complexity index is 631. The number of hydrogen-bond acceptors (Lipinski definition) is 4. The summed E-state index contributed by atoms with van der Waals surface area (Å²) in [7, 11) is 1.37. The minimum atomic E-state index is -0.533. The van der Waals surface area contributed by atoms with Crippen molar-refractivity contribution in [2.75, 3.05) is 7.11 Å². The monoisotopic (exact) mass is 318 g/mol. The molecule has 0 heterocycles. The van der Waals surface area contributed by atoms with Crippen LogP contribution in [-0.2, 0) is 0 Å². The van der Waals surface area contributed by atoms with Crippen LogP contribution in [0.5, 0.6) is 5.75 Å². The molecule has 4 atom stereocenters. The molecule has 2 aliphatic carbocycles. The molecule has 2 aliphatic rings. The number of nitrogens with zero attached hydrogens (tertiary/aromatic N) is 1. The maximum atomic E-state index is 12.4. The quantitative estimate of drug-likeness (QED) is 0.668. The Labute approximate surface area is 135 Å². The largest absolute Gasteiger partial charge is 0.490 e. The summed E-state index contributed by atoms with van der Waals surface area (Å²) in [5.74, 6) is 1.98. The van der Waals surface area contributed by atoms with Crippen LogP contribution in [0.2, 0.25) is 0 Å². The standard InChI is InChI=1S/C17H22N2O4/c1-10(14-8-11-3-4-12(14)7-11)18-17(20)13-5-6-16(23-2)15(9-13)19(21)22/h5-6,9-12,14H,3-4,7-8H2,1-2H3,(H,18,20)/t10-,11+,12+,14-/m0/s1. The molecule has 1 aromatic rings. The highest BCUT2D eigenvalue weighted by Crippen LogP contribution is 2.49. The van der Waals surface area contributed by atoms with Gasteiger partial charge in [-0.3, -0.25) is 14.9 Å². The molecule has 0 spiro atoms. The summed E-state index contributed by atoms with van der Waals surface area (Å²) in [6.45, 7) is 2.04. The van der Waals surface area contributed by atoms with Gasteiger partial charge in [-0.25, -0.2) is 0 Å². The van der Waals surface area contributed by atoms with Crippen molar-refractivity contribution in [1.29, 1.82) is 0 Å². The van der Waals surface area contributed by atoms with E-state index in [1.807, 2.05) is 6.92 Å². The number of nitrogens with one attached hydrogen (secondary N) is 1. The Morgan fingerprint density at radius 3 is 2.74 bits per heavy atom. The van der Waals surface area contributed by atoms with E-state index in [4.69, 9.17) is 4.74 Å². The summed E-state index contributed by atoms with van der Waals surface area (Å²) in [5, 5.41) is 14.1. The van der Waals surface area contributed by atoms with Crippen LogP contribution in [0, 0.1) is 27.9 Å². The third kappa shape index (κ3) is 3.02. The van der Waals surface area contributed by atoms with E-state index in [2.05, 4.69) is 5.32 Å². The number of carbonyl (C=O) groups is 1. The molecule has 0 aromatic heterocycles. The van der Waals surface area contributed by atoms with Gasteiger partial charge in [-0.1, -0.05) is 6.42 Å². The fourth-order valence-electron chi connectivity index (χ4n) is 4.28. The van der Waals surface area contributed by atoms with Crippen LogP contribution in [0.25, 0.3) is 0 Å². The number of ether oxygens (including phenoxy) is 1. The molecule has 0 saturated heterocycles. The summed E-state index contributed by atoms with van der Waals surface area (Å²) >= 11 is 0. The smallest absolute Gasteiger partial charge is 0.311 e. The van der Waals surface area contributed by atoms with Crippen molar-refractivity contribution in [3.8, 4) is 5.75 Å². The van der Waals surface area contributed by atoms with Gasteiger partial charge >= 0.3 is 5.69 Å². The van der Waals surface area contributed by atoms with Crippen molar-refractivity contribution in [2.45, 2.75) is 38.6 Å². The second kappa shape index (κ2) is 6.18. The van der Waals surface area contributed by atoms with E-state index >= 15 is 0 Å². The molecule has 0 radical (unpaired) electrons. The Kier molecular flexibility index (Phi) is 4.24. The Morgan fingerprint density at radius 1 is 1.39 bits per heavy atom. The molecule has 6 nitrogen and oxygen atoms in total. The normalized spacial score (nSPS) is 26.8. The molecule has 1 N–H and O–H groups in total. The summed E-state index contributed by atoms with van der Waals surface area (Å²) in [6, 6.07) is 4.41. The number of amides is 1. The van der Waals surface area contributed by atoms with E-state index in [0.717, 1.165) is 11.8 Å². The van der Waals surface area contributed by atoms with Crippen molar-refractivity contribution < 1.29 is 14.5 Å².